The summed E-state index contributed by atoms with van der Waals surface area (Å²) >= 11 is 0. The van der Waals surface area contributed by atoms with Crippen molar-refractivity contribution in [2.24, 2.45) is 0 Å². The molecule has 0 aromatic heterocycles. The van der Waals surface area contributed by atoms with Crippen molar-refractivity contribution in [2.75, 3.05) is 13.1 Å². The number of piperidine rings is 1. The first-order chi connectivity index (χ1) is 5.65. The van der Waals surface area contributed by atoms with Crippen molar-refractivity contribution < 1.29 is 15.3 Å². The van der Waals surface area contributed by atoms with E-state index >= 15 is 0 Å². The van der Waals surface area contributed by atoms with Crippen LogP contribution in [0.1, 0.15) is 19.8 Å². The van der Waals surface area contributed by atoms with Gasteiger partial charge in [-0.25, -0.2) is 0 Å². The summed E-state index contributed by atoms with van der Waals surface area (Å²) in [6.45, 7) is 3.53. The molecule has 1 aliphatic heterocycles. The Morgan fingerprint density at radius 3 is 2.67 bits per heavy atom. The topological polar surface area (TPSA) is 63.9 Å². The Hall–Kier alpha value is -0.160. The summed E-state index contributed by atoms with van der Waals surface area (Å²) in [6.07, 6.45) is -0.512. The molecule has 0 amide bonds. The second-order valence-electron chi connectivity index (χ2n) is 3.29. The van der Waals surface area contributed by atoms with Crippen molar-refractivity contribution in [3.63, 3.8) is 0 Å². The van der Waals surface area contributed by atoms with Crippen molar-refractivity contribution in [3.8, 4) is 0 Å². The number of likely N-dealkylation sites (tertiary alicyclic amines) is 1. The van der Waals surface area contributed by atoms with Crippen LogP contribution in [0, 0.1) is 0 Å². The summed E-state index contributed by atoms with van der Waals surface area (Å²) in [5.41, 5.74) is 0. The zero-order valence-corrected chi connectivity index (χ0v) is 7.35. The smallest absolute Gasteiger partial charge is 0.167 e. The normalized spacial score (nSPS) is 32.8. The first-order valence-corrected chi connectivity index (χ1v) is 4.43. The number of aliphatic hydroxyl groups excluding tert-OH is 2. The van der Waals surface area contributed by atoms with Crippen LogP contribution < -0.4 is 0 Å². The maximum atomic E-state index is 9.29. The van der Waals surface area contributed by atoms with Crippen molar-refractivity contribution in [3.05, 3.63) is 0 Å². The highest BCUT2D eigenvalue weighted by molar-refractivity contribution is 4.81. The average Bonchev–Trinajstić information content (AvgIpc) is 2.04. The van der Waals surface area contributed by atoms with E-state index in [4.69, 9.17) is 10.2 Å². The zero-order valence-electron chi connectivity index (χ0n) is 7.35. The van der Waals surface area contributed by atoms with Crippen molar-refractivity contribution in [1.82, 2.24) is 4.90 Å². The molecule has 1 aliphatic rings. The van der Waals surface area contributed by atoms with E-state index in [2.05, 4.69) is 0 Å². The Kier molecular flexibility index (Phi) is 3.46. The van der Waals surface area contributed by atoms with Gasteiger partial charge in [0, 0.05) is 6.54 Å². The van der Waals surface area contributed by atoms with Crippen LogP contribution in [0.3, 0.4) is 0 Å². The van der Waals surface area contributed by atoms with Crippen molar-refractivity contribution >= 4 is 0 Å². The van der Waals surface area contributed by atoms with Crippen LogP contribution in [0.2, 0.25) is 0 Å². The zero-order chi connectivity index (χ0) is 9.14. The number of hydrogen-bond acceptors (Lipinski definition) is 4. The van der Waals surface area contributed by atoms with Gasteiger partial charge in [-0.1, -0.05) is 6.92 Å². The molecule has 72 valence electrons. The average molecular weight is 175 g/mol. The molecule has 0 aromatic carbocycles. The molecule has 12 heavy (non-hydrogen) atoms. The molecule has 0 radical (unpaired) electrons. The quantitative estimate of drug-likeness (QED) is 0.478. The fourth-order valence-electron chi connectivity index (χ4n) is 1.73. The van der Waals surface area contributed by atoms with Gasteiger partial charge in [0.1, 0.15) is 0 Å². The van der Waals surface area contributed by atoms with Gasteiger partial charge < -0.3 is 15.3 Å². The molecule has 2 unspecified atom stereocenters. The van der Waals surface area contributed by atoms with Crippen LogP contribution in [0.5, 0.6) is 0 Å². The molecule has 3 N–H and O–H groups in total. The summed E-state index contributed by atoms with van der Waals surface area (Å²) in [5.74, 6) is 0. The third kappa shape index (κ3) is 2.17. The number of likely N-dealkylation sites (N-methyl/N-ethyl adjacent to an activating group) is 1. The van der Waals surface area contributed by atoms with Gasteiger partial charge in [-0.3, -0.25) is 4.90 Å². The Morgan fingerprint density at radius 2 is 2.17 bits per heavy atom. The van der Waals surface area contributed by atoms with Crippen LogP contribution in [0.25, 0.3) is 0 Å². The SMILES string of the molecule is CCN1CCC(O)CC1C(O)O. The summed E-state index contributed by atoms with van der Waals surface area (Å²) < 4.78 is 0. The largest absolute Gasteiger partial charge is 0.393 e. The number of nitrogens with zero attached hydrogens (tertiary/aromatic N) is 1. The molecule has 1 rings (SSSR count). The van der Waals surface area contributed by atoms with E-state index in [9.17, 15) is 5.11 Å². The van der Waals surface area contributed by atoms with Crippen molar-refractivity contribution in [2.45, 2.75) is 38.2 Å². The Labute approximate surface area is 72.4 Å². The lowest BCUT2D eigenvalue weighted by Gasteiger charge is -2.37. The van der Waals surface area contributed by atoms with E-state index in [1.54, 1.807) is 0 Å². The highest BCUT2D eigenvalue weighted by atomic mass is 16.5. The van der Waals surface area contributed by atoms with E-state index < -0.39 is 6.29 Å². The second kappa shape index (κ2) is 4.18. The predicted octanol–water partition coefficient (Wildman–Crippen LogP) is -0.858. The number of hydrogen-bond donors (Lipinski definition) is 3. The molecule has 4 heteroatoms. The first-order valence-electron chi connectivity index (χ1n) is 4.43. The molecule has 0 aliphatic carbocycles. The first kappa shape index (κ1) is 9.92. The Bertz CT molecular complexity index is 140. The van der Waals surface area contributed by atoms with E-state index in [1.165, 1.54) is 0 Å². The summed E-state index contributed by atoms with van der Waals surface area (Å²) in [6, 6.07) is -0.293. The van der Waals surface area contributed by atoms with Gasteiger partial charge in [-0.05, 0) is 19.4 Å². The summed E-state index contributed by atoms with van der Waals surface area (Å²) in [5, 5.41) is 27.3. The van der Waals surface area contributed by atoms with Gasteiger partial charge in [0.05, 0.1) is 12.1 Å². The highest BCUT2D eigenvalue weighted by Crippen LogP contribution is 2.18. The van der Waals surface area contributed by atoms with Crippen LogP contribution in [-0.2, 0) is 0 Å². The lowest BCUT2D eigenvalue weighted by Crippen LogP contribution is -2.50. The molecular weight excluding hydrogens is 158 g/mol. The van der Waals surface area contributed by atoms with E-state index in [0.29, 0.717) is 6.42 Å². The molecule has 1 saturated heterocycles. The van der Waals surface area contributed by atoms with Crippen LogP contribution in [0.15, 0.2) is 0 Å². The molecular formula is C8H17NO3. The minimum atomic E-state index is -1.33. The van der Waals surface area contributed by atoms with Gasteiger partial charge in [-0.15, -0.1) is 0 Å². The van der Waals surface area contributed by atoms with E-state index in [0.717, 1.165) is 19.5 Å². The maximum Gasteiger partial charge on any atom is 0.167 e. The predicted molar refractivity (Wildman–Crippen MR) is 44.5 cm³/mol. The fourth-order valence-corrected chi connectivity index (χ4v) is 1.73. The van der Waals surface area contributed by atoms with Gasteiger partial charge in [-0.2, -0.15) is 0 Å². The van der Waals surface area contributed by atoms with E-state index in [-0.39, 0.29) is 12.1 Å². The maximum absolute atomic E-state index is 9.29. The highest BCUT2D eigenvalue weighted by Gasteiger charge is 2.30. The molecule has 4 nitrogen and oxygen atoms in total. The Balaban J connectivity index is 2.52. The second-order valence-corrected chi connectivity index (χ2v) is 3.29. The third-order valence-electron chi connectivity index (χ3n) is 2.48. The summed E-state index contributed by atoms with van der Waals surface area (Å²) in [4.78, 5) is 1.98. The molecule has 1 fully saturated rings. The lowest BCUT2D eigenvalue weighted by molar-refractivity contribution is -0.123. The van der Waals surface area contributed by atoms with E-state index in [1.807, 2.05) is 11.8 Å². The fraction of sp³-hybridized carbons (Fsp3) is 1.00. The van der Waals surface area contributed by atoms with Gasteiger partial charge in [0.25, 0.3) is 0 Å². The number of rotatable bonds is 2. The Morgan fingerprint density at radius 1 is 1.50 bits per heavy atom. The number of aliphatic hydroxyl groups is 3. The minimum Gasteiger partial charge on any atom is -0.393 e. The van der Waals surface area contributed by atoms with Gasteiger partial charge in [0.2, 0.25) is 0 Å². The van der Waals surface area contributed by atoms with Crippen LogP contribution in [0.4, 0.5) is 0 Å². The monoisotopic (exact) mass is 175 g/mol. The molecule has 0 bridgehead atoms. The molecule has 0 saturated carbocycles. The van der Waals surface area contributed by atoms with Crippen molar-refractivity contribution in [1.29, 1.82) is 0 Å². The molecule has 0 aromatic rings. The standard InChI is InChI=1S/C8H17NO3/c1-2-9-4-3-6(10)5-7(9)8(11)12/h6-8,10-12H,2-5H2,1H3. The minimum absolute atomic E-state index is 0.293. The van der Waals surface area contributed by atoms with Gasteiger partial charge >= 0.3 is 0 Å². The summed E-state index contributed by atoms with van der Waals surface area (Å²) in [7, 11) is 0. The van der Waals surface area contributed by atoms with Crippen LogP contribution >= 0.6 is 0 Å². The molecule has 1 heterocycles. The van der Waals surface area contributed by atoms with Gasteiger partial charge in [0.15, 0.2) is 6.29 Å². The van der Waals surface area contributed by atoms with Crippen LogP contribution in [-0.4, -0.2) is 51.7 Å². The lowest BCUT2D eigenvalue weighted by atomic mass is 9.99. The molecule has 2 atom stereocenters. The molecule has 0 spiro atoms. The third-order valence-corrected chi connectivity index (χ3v) is 2.48.